The number of anilines is 1. The van der Waals surface area contributed by atoms with Crippen LogP contribution in [-0.4, -0.2) is 37.7 Å². The minimum absolute atomic E-state index is 0.0557. The van der Waals surface area contributed by atoms with Crippen LogP contribution in [0.1, 0.15) is 16.8 Å². The van der Waals surface area contributed by atoms with Crippen molar-refractivity contribution < 1.29 is 22.7 Å². The molecule has 0 aliphatic carbocycles. The maximum absolute atomic E-state index is 13.0. The average molecular weight is 500 g/mol. The van der Waals surface area contributed by atoms with Crippen molar-refractivity contribution in [2.24, 2.45) is 0 Å². The summed E-state index contributed by atoms with van der Waals surface area (Å²) in [7, 11) is 0. The summed E-state index contributed by atoms with van der Waals surface area (Å²) in [5.74, 6) is 1.07. The molecule has 5 rings (SSSR count). The topological polar surface area (TPSA) is 72.3 Å². The lowest BCUT2D eigenvalue weighted by atomic mass is 10.1. The summed E-state index contributed by atoms with van der Waals surface area (Å²) in [5, 5.41) is 3.25. The lowest BCUT2D eigenvalue weighted by molar-refractivity contribution is -0.137. The van der Waals surface area contributed by atoms with Gasteiger partial charge >= 0.3 is 12.2 Å². The summed E-state index contributed by atoms with van der Waals surface area (Å²) < 4.78 is 48.5. The van der Waals surface area contributed by atoms with Crippen molar-refractivity contribution in [1.29, 1.82) is 0 Å². The molecule has 0 fully saturated rings. The first-order valence-corrected chi connectivity index (χ1v) is 11.9. The van der Waals surface area contributed by atoms with Gasteiger partial charge < -0.3 is 10.1 Å². The first-order chi connectivity index (χ1) is 16.8. The SMILES string of the molecule is CSN1CCc2c(ncnc2Oc2ccc3c(ccn3C(=O)Nc3cccc(C(F)(F)F)c3)c2)C1. The van der Waals surface area contributed by atoms with Gasteiger partial charge in [0.2, 0.25) is 5.88 Å². The summed E-state index contributed by atoms with van der Waals surface area (Å²) in [6.07, 6.45) is 1.37. The number of alkyl halides is 3. The summed E-state index contributed by atoms with van der Waals surface area (Å²) in [5.41, 5.74) is 1.73. The molecule has 0 bridgehead atoms. The molecular formula is C24H20F3N5O2S. The highest BCUT2D eigenvalue weighted by Crippen LogP contribution is 2.32. The van der Waals surface area contributed by atoms with Crippen LogP contribution in [0.5, 0.6) is 11.6 Å². The Balaban J connectivity index is 1.35. The van der Waals surface area contributed by atoms with E-state index in [1.807, 2.05) is 6.26 Å². The molecule has 1 aliphatic heterocycles. The summed E-state index contributed by atoms with van der Waals surface area (Å²) in [6, 6.07) is 10.9. The minimum Gasteiger partial charge on any atom is -0.439 e. The number of nitrogens with zero attached hydrogens (tertiary/aromatic N) is 4. The van der Waals surface area contributed by atoms with Crippen molar-refractivity contribution in [3.05, 3.63) is 77.9 Å². The zero-order chi connectivity index (χ0) is 24.6. The van der Waals surface area contributed by atoms with Gasteiger partial charge in [-0.05, 0) is 55.1 Å². The van der Waals surface area contributed by atoms with Gasteiger partial charge in [0.05, 0.1) is 23.3 Å². The molecule has 2 aromatic heterocycles. The zero-order valence-corrected chi connectivity index (χ0v) is 19.4. The Morgan fingerprint density at radius 3 is 2.80 bits per heavy atom. The predicted octanol–water partition coefficient (Wildman–Crippen LogP) is 5.96. The smallest absolute Gasteiger partial charge is 0.416 e. The quantitative estimate of drug-likeness (QED) is 0.350. The molecule has 0 unspecified atom stereocenters. The Kier molecular flexibility index (Phi) is 6.12. The number of benzene rings is 2. The normalized spacial score (nSPS) is 14.1. The predicted molar refractivity (Wildman–Crippen MR) is 128 cm³/mol. The molecule has 1 aliphatic rings. The van der Waals surface area contributed by atoms with Crippen molar-refractivity contribution in [2.45, 2.75) is 19.1 Å². The number of aromatic nitrogens is 3. The van der Waals surface area contributed by atoms with Crippen LogP contribution in [0.25, 0.3) is 10.9 Å². The molecular weight excluding hydrogens is 479 g/mol. The van der Waals surface area contributed by atoms with Gasteiger partial charge in [0.15, 0.2) is 0 Å². The highest BCUT2D eigenvalue weighted by Gasteiger charge is 2.30. The second kappa shape index (κ2) is 9.23. The Morgan fingerprint density at radius 1 is 1.14 bits per heavy atom. The van der Waals surface area contributed by atoms with Crippen LogP contribution in [0.2, 0.25) is 0 Å². The molecule has 1 N–H and O–H groups in total. The third-order valence-electron chi connectivity index (χ3n) is 5.73. The lowest BCUT2D eigenvalue weighted by Crippen LogP contribution is -2.25. The molecule has 3 heterocycles. The average Bonchev–Trinajstić information content (AvgIpc) is 3.27. The van der Waals surface area contributed by atoms with Crippen molar-refractivity contribution in [1.82, 2.24) is 18.8 Å². The number of carbonyl (C=O) groups excluding carboxylic acids is 1. The summed E-state index contributed by atoms with van der Waals surface area (Å²) in [4.78, 5) is 21.5. The molecule has 11 heteroatoms. The second-order valence-corrected chi connectivity index (χ2v) is 8.80. The number of halogens is 3. The van der Waals surface area contributed by atoms with Crippen molar-refractivity contribution in [3.8, 4) is 11.6 Å². The van der Waals surface area contributed by atoms with Gasteiger partial charge in [0.1, 0.15) is 12.1 Å². The fraction of sp³-hybridized carbons (Fsp3) is 0.208. The van der Waals surface area contributed by atoms with E-state index in [0.29, 0.717) is 17.1 Å². The molecule has 0 saturated heterocycles. The Morgan fingerprint density at radius 2 is 2.00 bits per heavy atom. The van der Waals surface area contributed by atoms with Crippen LogP contribution in [0.4, 0.5) is 23.7 Å². The van der Waals surface area contributed by atoms with Gasteiger partial charge in [-0.15, -0.1) is 0 Å². The number of carbonyl (C=O) groups is 1. The van der Waals surface area contributed by atoms with Gasteiger partial charge in [0.25, 0.3) is 0 Å². The van der Waals surface area contributed by atoms with Gasteiger partial charge in [-0.3, -0.25) is 4.57 Å². The third kappa shape index (κ3) is 4.82. The van der Waals surface area contributed by atoms with Gasteiger partial charge in [0, 0.05) is 29.4 Å². The Labute approximate surface area is 203 Å². The van der Waals surface area contributed by atoms with Crippen molar-refractivity contribution in [3.63, 3.8) is 0 Å². The van der Waals surface area contributed by atoms with Gasteiger partial charge in [-0.25, -0.2) is 19.1 Å². The van der Waals surface area contributed by atoms with E-state index in [-0.39, 0.29) is 5.69 Å². The Hall–Kier alpha value is -3.57. The van der Waals surface area contributed by atoms with E-state index in [9.17, 15) is 18.0 Å². The first kappa shape index (κ1) is 23.2. The van der Waals surface area contributed by atoms with E-state index in [2.05, 4.69) is 19.6 Å². The van der Waals surface area contributed by atoms with E-state index < -0.39 is 17.8 Å². The molecule has 0 atom stereocenters. The molecule has 180 valence electrons. The van der Waals surface area contributed by atoms with E-state index in [0.717, 1.165) is 48.3 Å². The number of fused-ring (bicyclic) bond motifs is 2. The molecule has 35 heavy (non-hydrogen) atoms. The van der Waals surface area contributed by atoms with Crippen LogP contribution in [0, 0.1) is 0 Å². The number of amides is 1. The molecule has 4 aromatic rings. The van der Waals surface area contributed by atoms with E-state index >= 15 is 0 Å². The van der Waals surface area contributed by atoms with Gasteiger partial charge in [-0.2, -0.15) is 13.2 Å². The van der Waals surface area contributed by atoms with Crippen LogP contribution < -0.4 is 10.1 Å². The largest absolute Gasteiger partial charge is 0.439 e. The molecule has 2 aromatic carbocycles. The first-order valence-electron chi connectivity index (χ1n) is 10.7. The monoisotopic (exact) mass is 499 g/mol. The summed E-state index contributed by atoms with van der Waals surface area (Å²) >= 11 is 1.67. The van der Waals surface area contributed by atoms with Crippen molar-refractivity contribution >= 4 is 34.6 Å². The number of nitrogens with one attached hydrogen (secondary N) is 1. The second-order valence-electron chi connectivity index (χ2n) is 7.92. The minimum atomic E-state index is -4.49. The van der Waals surface area contributed by atoms with Crippen LogP contribution in [-0.2, 0) is 19.1 Å². The molecule has 7 nitrogen and oxygen atoms in total. The fourth-order valence-electron chi connectivity index (χ4n) is 3.97. The maximum atomic E-state index is 13.0. The molecule has 0 radical (unpaired) electrons. The number of hydrogen-bond donors (Lipinski definition) is 1. The molecule has 0 spiro atoms. The fourth-order valence-corrected chi connectivity index (χ4v) is 4.50. The highest BCUT2D eigenvalue weighted by molar-refractivity contribution is 7.96. The lowest BCUT2D eigenvalue weighted by Gasteiger charge is -2.26. The van der Waals surface area contributed by atoms with E-state index in [1.54, 1.807) is 42.4 Å². The maximum Gasteiger partial charge on any atom is 0.416 e. The molecule has 0 saturated carbocycles. The number of hydrogen-bond acceptors (Lipinski definition) is 6. The number of ether oxygens (including phenoxy) is 1. The number of rotatable bonds is 4. The van der Waals surface area contributed by atoms with E-state index in [1.165, 1.54) is 23.0 Å². The Bertz CT molecular complexity index is 1410. The molecule has 1 amide bonds. The van der Waals surface area contributed by atoms with Crippen LogP contribution >= 0.6 is 11.9 Å². The summed E-state index contributed by atoms with van der Waals surface area (Å²) in [6.45, 7) is 1.60. The highest BCUT2D eigenvalue weighted by atomic mass is 32.2. The van der Waals surface area contributed by atoms with E-state index in [4.69, 9.17) is 4.74 Å². The van der Waals surface area contributed by atoms with Crippen LogP contribution in [0.15, 0.2) is 61.1 Å². The van der Waals surface area contributed by atoms with Crippen molar-refractivity contribution in [2.75, 3.05) is 18.1 Å². The van der Waals surface area contributed by atoms with Gasteiger partial charge in [-0.1, -0.05) is 18.0 Å². The zero-order valence-electron chi connectivity index (χ0n) is 18.5. The third-order valence-corrected chi connectivity index (χ3v) is 6.55. The van der Waals surface area contributed by atoms with Crippen LogP contribution in [0.3, 0.4) is 0 Å². The standard InChI is InChI=1S/C24H20F3N5O2S/c1-35-31-9-8-19-20(13-31)28-14-29-22(19)34-18-5-6-21-15(11-18)7-10-32(21)23(33)30-17-4-2-3-16(12-17)24(25,26)27/h2-7,10-12,14H,8-9,13H2,1H3,(H,30,33).